The van der Waals surface area contributed by atoms with Crippen molar-refractivity contribution in [2.75, 3.05) is 12.3 Å². The highest BCUT2D eigenvalue weighted by Gasteiger charge is 2.42. The van der Waals surface area contributed by atoms with E-state index in [1.54, 1.807) is 27.9 Å². The molecule has 0 unspecified atom stereocenters. The quantitative estimate of drug-likeness (QED) is 0.527. The van der Waals surface area contributed by atoms with Gasteiger partial charge in [0.25, 0.3) is 5.91 Å². The zero-order valence-corrected chi connectivity index (χ0v) is 16.3. The molecule has 3 aromatic heterocycles. The highest BCUT2D eigenvalue weighted by atomic mass is 19.1. The molecule has 1 aromatic carbocycles. The van der Waals surface area contributed by atoms with Gasteiger partial charge in [0.05, 0.1) is 35.2 Å². The molecule has 0 spiro atoms. The lowest BCUT2D eigenvalue weighted by Gasteiger charge is -2.33. The normalized spacial score (nSPS) is 20.1. The summed E-state index contributed by atoms with van der Waals surface area (Å²) >= 11 is 0. The van der Waals surface area contributed by atoms with Gasteiger partial charge in [-0.25, -0.2) is 14.4 Å². The molecule has 4 aromatic rings. The molecule has 1 fully saturated rings. The Morgan fingerprint density at radius 3 is 2.97 bits per heavy atom. The van der Waals surface area contributed by atoms with E-state index in [0.717, 1.165) is 29.8 Å². The van der Waals surface area contributed by atoms with Gasteiger partial charge in [0.2, 0.25) is 0 Å². The number of aromatic nitrogens is 4. The monoisotopic (exact) mass is 402 g/mol. The maximum Gasteiger partial charge on any atom is 0.257 e. The molecule has 1 amide bonds. The summed E-state index contributed by atoms with van der Waals surface area (Å²) in [5, 5.41) is 0. The molecule has 2 aliphatic rings. The van der Waals surface area contributed by atoms with Crippen LogP contribution in [0.2, 0.25) is 0 Å². The first-order valence-electron chi connectivity index (χ1n) is 10.0. The van der Waals surface area contributed by atoms with Gasteiger partial charge in [-0.05, 0) is 37.5 Å². The number of pyridine rings is 1. The molecular formula is C22H19FN6O. The number of aryl methyl sites for hydroxylation is 1. The number of carbonyl (C=O) groups is 1. The van der Waals surface area contributed by atoms with Crippen LogP contribution in [0.25, 0.3) is 16.6 Å². The number of anilines is 1. The van der Waals surface area contributed by atoms with Gasteiger partial charge in [-0.15, -0.1) is 0 Å². The number of halogens is 1. The maximum atomic E-state index is 15.0. The lowest BCUT2D eigenvalue weighted by Crippen LogP contribution is -2.38. The molecule has 1 saturated heterocycles. The van der Waals surface area contributed by atoms with Crippen LogP contribution in [0.5, 0.6) is 0 Å². The van der Waals surface area contributed by atoms with Crippen LogP contribution in [0.3, 0.4) is 0 Å². The number of hydrogen-bond donors (Lipinski definition) is 1. The third-order valence-electron chi connectivity index (χ3n) is 6.40. The van der Waals surface area contributed by atoms with Crippen molar-refractivity contribution >= 4 is 28.3 Å². The zero-order valence-electron chi connectivity index (χ0n) is 16.3. The number of rotatable bonds is 1. The summed E-state index contributed by atoms with van der Waals surface area (Å²) in [6, 6.07) is 6.81. The zero-order chi connectivity index (χ0) is 20.6. The first-order valence-corrected chi connectivity index (χ1v) is 10.0. The van der Waals surface area contributed by atoms with E-state index in [-0.39, 0.29) is 23.3 Å². The van der Waals surface area contributed by atoms with Gasteiger partial charge in [0.15, 0.2) is 0 Å². The average Bonchev–Trinajstić information content (AvgIpc) is 3.32. The molecule has 2 bridgehead atoms. The molecule has 1 aliphatic carbocycles. The predicted molar refractivity (Wildman–Crippen MR) is 110 cm³/mol. The Morgan fingerprint density at radius 2 is 2.10 bits per heavy atom. The fourth-order valence-electron chi connectivity index (χ4n) is 4.96. The minimum absolute atomic E-state index is 0.0380. The van der Waals surface area contributed by atoms with Gasteiger partial charge in [0.1, 0.15) is 17.2 Å². The van der Waals surface area contributed by atoms with Gasteiger partial charge in [-0.2, -0.15) is 0 Å². The number of amides is 1. The van der Waals surface area contributed by atoms with Gasteiger partial charge in [-0.3, -0.25) is 14.2 Å². The van der Waals surface area contributed by atoms with Gasteiger partial charge < -0.3 is 10.6 Å². The van der Waals surface area contributed by atoms with Crippen LogP contribution >= 0.6 is 0 Å². The number of nitrogens with zero attached hydrogens (tertiary/aromatic N) is 5. The van der Waals surface area contributed by atoms with Crippen molar-refractivity contribution in [3.8, 4) is 0 Å². The minimum Gasteiger partial charge on any atom is -0.382 e. The number of benzene rings is 1. The van der Waals surface area contributed by atoms with Crippen molar-refractivity contribution in [1.82, 2.24) is 24.3 Å². The van der Waals surface area contributed by atoms with E-state index in [0.29, 0.717) is 29.0 Å². The largest absolute Gasteiger partial charge is 0.382 e. The highest BCUT2D eigenvalue weighted by Crippen LogP contribution is 2.48. The van der Waals surface area contributed by atoms with E-state index in [2.05, 4.69) is 16.0 Å². The van der Waals surface area contributed by atoms with Crippen LogP contribution in [0, 0.1) is 12.7 Å². The third kappa shape index (κ3) is 2.30. The van der Waals surface area contributed by atoms with Gasteiger partial charge in [-0.1, -0.05) is 6.07 Å². The number of piperidine rings is 1. The van der Waals surface area contributed by atoms with Crippen molar-refractivity contribution in [3.05, 3.63) is 65.1 Å². The number of nitrogens with two attached hydrogens (primary N) is 1. The molecule has 30 heavy (non-hydrogen) atoms. The standard InChI is InChI=1S/C22H19FN6O/c1-11-2-3-13-17-6-12(20(13)26-11)4-5-28(17)22(30)14-7-18-16(8-15(14)23)27-21(24)19-9-25-10-29(18)19/h2-3,7-10,12,17H,4-6H2,1H3,(H2,24,27)/t12-,17+/m0/s1. The number of likely N-dealkylation sites (tertiary alicyclic amines) is 1. The van der Waals surface area contributed by atoms with Crippen molar-refractivity contribution in [2.24, 2.45) is 0 Å². The Kier molecular flexibility index (Phi) is 3.45. The van der Waals surface area contributed by atoms with Crippen LogP contribution < -0.4 is 5.73 Å². The second-order valence-corrected chi connectivity index (χ2v) is 8.13. The van der Waals surface area contributed by atoms with E-state index in [9.17, 15) is 4.79 Å². The summed E-state index contributed by atoms with van der Waals surface area (Å²) in [7, 11) is 0. The predicted octanol–water partition coefficient (Wildman–Crippen LogP) is 3.38. The van der Waals surface area contributed by atoms with Gasteiger partial charge >= 0.3 is 0 Å². The molecule has 150 valence electrons. The fraction of sp³-hybridized carbons (Fsp3) is 0.273. The number of hydrogen-bond acceptors (Lipinski definition) is 5. The van der Waals surface area contributed by atoms with Crippen LogP contribution in [0.1, 0.15) is 52.1 Å². The lowest BCUT2D eigenvalue weighted by atomic mass is 9.96. The SMILES string of the molecule is Cc1ccc2c(n1)[C@H]1CCN(C(=O)c3cc4c(cc3F)nc(N)c3cncn34)[C@@H]2C1. The van der Waals surface area contributed by atoms with Crippen LogP contribution in [0.15, 0.2) is 36.8 Å². The Morgan fingerprint density at radius 1 is 1.23 bits per heavy atom. The Balaban J connectivity index is 1.46. The highest BCUT2D eigenvalue weighted by molar-refractivity contribution is 5.99. The van der Waals surface area contributed by atoms with E-state index < -0.39 is 5.82 Å². The summed E-state index contributed by atoms with van der Waals surface area (Å²) in [5.74, 6) is -0.267. The molecule has 1 aliphatic heterocycles. The van der Waals surface area contributed by atoms with E-state index in [1.165, 1.54) is 6.07 Å². The molecule has 7 nitrogen and oxygen atoms in total. The fourth-order valence-corrected chi connectivity index (χ4v) is 4.96. The Hall–Kier alpha value is -3.55. The first kappa shape index (κ1) is 17.3. The lowest BCUT2D eigenvalue weighted by molar-refractivity contribution is 0.0615. The van der Waals surface area contributed by atoms with Crippen molar-refractivity contribution in [1.29, 1.82) is 0 Å². The molecular weight excluding hydrogens is 383 g/mol. The van der Waals surface area contributed by atoms with E-state index >= 15 is 4.39 Å². The number of nitrogen functional groups attached to an aromatic ring is 1. The molecule has 6 rings (SSSR count). The van der Waals surface area contributed by atoms with Crippen LogP contribution in [-0.4, -0.2) is 36.7 Å². The Labute approximate surface area is 171 Å². The molecule has 2 atom stereocenters. The number of fused-ring (bicyclic) bond motifs is 8. The molecule has 4 heterocycles. The second kappa shape index (κ2) is 5.98. The van der Waals surface area contributed by atoms with Crippen molar-refractivity contribution in [2.45, 2.75) is 31.7 Å². The topological polar surface area (TPSA) is 89.4 Å². The minimum atomic E-state index is -0.596. The summed E-state index contributed by atoms with van der Waals surface area (Å²) in [6.07, 6.45) is 4.87. The average molecular weight is 402 g/mol. The number of carbonyl (C=O) groups excluding carboxylic acids is 1. The molecule has 8 heteroatoms. The summed E-state index contributed by atoms with van der Waals surface area (Å²) in [4.78, 5) is 28.4. The van der Waals surface area contributed by atoms with Crippen molar-refractivity contribution in [3.63, 3.8) is 0 Å². The molecule has 0 saturated carbocycles. The second-order valence-electron chi connectivity index (χ2n) is 8.13. The van der Waals surface area contributed by atoms with Gasteiger partial charge in [0, 0.05) is 29.9 Å². The van der Waals surface area contributed by atoms with Crippen molar-refractivity contribution < 1.29 is 9.18 Å². The summed E-state index contributed by atoms with van der Waals surface area (Å²) in [6.45, 7) is 2.56. The molecule has 2 N–H and O–H groups in total. The van der Waals surface area contributed by atoms with Crippen LogP contribution in [-0.2, 0) is 0 Å². The smallest absolute Gasteiger partial charge is 0.257 e. The van der Waals surface area contributed by atoms with E-state index in [1.807, 2.05) is 13.0 Å². The van der Waals surface area contributed by atoms with Crippen LogP contribution in [0.4, 0.5) is 10.2 Å². The van der Waals surface area contributed by atoms with E-state index in [4.69, 9.17) is 10.7 Å². The number of imidazole rings is 1. The Bertz CT molecular complexity index is 1360. The summed E-state index contributed by atoms with van der Waals surface area (Å²) < 4.78 is 16.7. The third-order valence-corrected chi connectivity index (χ3v) is 6.40. The summed E-state index contributed by atoms with van der Waals surface area (Å²) in [5.41, 5.74) is 10.8. The molecule has 0 radical (unpaired) electrons. The maximum absolute atomic E-state index is 15.0. The first-order chi connectivity index (χ1) is 14.5.